The van der Waals surface area contributed by atoms with Crippen LogP contribution in [0.3, 0.4) is 0 Å². The third-order valence-electron chi connectivity index (χ3n) is 7.76. The van der Waals surface area contributed by atoms with Gasteiger partial charge in [0.25, 0.3) is 0 Å². The molecule has 0 aliphatic heterocycles. The smallest absolute Gasteiger partial charge is 0.366 e. The third-order valence-corrected chi connectivity index (χ3v) is 7.76. The van der Waals surface area contributed by atoms with E-state index >= 15 is 0 Å². The summed E-state index contributed by atoms with van der Waals surface area (Å²) in [5.74, 6) is 2.44. The van der Waals surface area contributed by atoms with E-state index in [1.165, 1.54) is 45.0 Å². The maximum Gasteiger partial charge on any atom is 1.00 e. The summed E-state index contributed by atoms with van der Waals surface area (Å²) in [6, 6.07) is 56.9. The van der Waals surface area contributed by atoms with Gasteiger partial charge >= 0.3 is 22.4 Å². The van der Waals surface area contributed by atoms with Gasteiger partial charge in [0.1, 0.15) is 0 Å². The van der Waals surface area contributed by atoms with Crippen LogP contribution >= 0.6 is 0 Å². The van der Waals surface area contributed by atoms with Crippen LogP contribution in [0.25, 0.3) is 11.1 Å². The van der Waals surface area contributed by atoms with Crippen LogP contribution < -0.4 is 9.80 Å². The van der Waals surface area contributed by atoms with Gasteiger partial charge in [0, 0.05) is 58.2 Å². The van der Waals surface area contributed by atoms with Crippen molar-refractivity contribution in [1.29, 1.82) is 0 Å². The van der Waals surface area contributed by atoms with Crippen molar-refractivity contribution in [3.05, 3.63) is 187 Å². The zero-order valence-corrected chi connectivity index (χ0v) is 29.0. The quantitative estimate of drug-likeness (QED) is 0.0893. The second-order valence-corrected chi connectivity index (χ2v) is 10.5. The molecule has 4 heteroatoms. The van der Waals surface area contributed by atoms with Crippen LogP contribution in [-0.2, 0) is 51.2 Å². The minimum Gasteiger partial charge on any atom is -0.366 e. The molecule has 229 valence electrons. The van der Waals surface area contributed by atoms with Crippen molar-refractivity contribution in [1.82, 2.24) is 0 Å². The van der Waals surface area contributed by atoms with E-state index in [1.54, 1.807) is 0 Å². The Morgan fingerprint density at radius 2 is 0.844 bits per heavy atom. The van der Waals surface area contributed by atoms with Gasteiger partial charge in [-0.15, -0.1) is 17.7 Å². The summed E-state index contributed by atoms with van der Waals surface area (Å²) in [5, 5.41) is 0. The zero-order valence-electron chi connectivity index (χ0n) is 24.7. The van der Waals surface area contributed by atoms with Gasteiger partial charge < -0.3 is 16.2 Å². The van der Waals surface area contributed by atoms with Crippen LogP contribution in [0, 0.1) is 12.3 Å². The van der Waals surface area contributed by atoms with Crippen LogP contribution in [-0.4, -0.2) is 13.1 Å². The van der Waals surface area contributed by atoms with Crippen LogP contribution in [0.5, 0.6) is 0 Å². The maximum atomic E-state index is 7.14. The molecule has 0 saturated heterocycles. The standard InChI is InChI=1S/C26H24N2.C15H9.2Au/c1-5-13-23(14-6-1)27(24-15-7-2-8-16-24)21-22-28(25-17-9-3-10-18-25)26-19-11-4-12-20-26;1-2-11-7-8-13-10-12-5-3-4-6-14(12)15(13)9-11;;/h1-20H,21-22H2;3-9H,10H2;;/q;-1;;+1. The van der Waals surface area contributed by atoms with E-state index in [1.807, 2.05) is 12.1 Å². The molecule has 45 heavy (non-hydrogen) atoms. The average Bonchev–Trinajstić information content (AvgIpc) is 3.46. The normalized spacial score (nSPS) is 10.4. The molecule has 0 N–H and O–H groups in total. The monoisotopic (exact) mass is 947 g/mol. The molecule has 0 atom stereocenters. The van der Waals surface area contributed by atoms with Crippen molar-refractivity contribution in [2.45, 2.75) is 6.42 Å². The number of hydrogen-bond donors (Lipinski definition) is 0. The number of hydrogen-bond acceptors (Lipinski definition) is 2. The van der Waals surface area contributed by atoms with Crippen LogP contribution in [0.4, 0.5) is 22.7 Å². The molecule has 6 aromatic carbocycles. The van der Waals surface area contributed by atoms with E-state index in [4.69, 9.17) is 6.42 Å². The fraction of sp³-hybridized carbons (Fsp3) is 0.0732. The Labute approximate surface area is 298 Å². The molecule has 0 spiro atoms. The van der Waals surface area contributed by atoms with Crippen molar-refractivity contribution in [2.75, 3.05) is 22.9 Å². The van der Waals surface area contributed by atoms with E-state index in [0.29, 0.717) is 0 Å². The second-order valence-electron chi connectivity index (χ2n) is 10.5. The Balaban J connectivity index is 0.000000229. The molecular formula is C41H33Au2N2. The predicted molar refractivity (Wildman–Crippen MR) is 181 cm³/mol. The van der Waals surface area contributed by atoms with Gasteiger partial charge in [0.2, 0.25) is 0 Å². The van der Waals surface area contributed by atoms with E-state index in [0.717, 1.165) is 25.1 Å². The number of benzene rings is 6. The van der Waals surface area contributed by atoms with Crippen LogP contribution in [0.15, 0.2) is 164 Å². The van der Waals surface area contributed by atoms with E-state index in [2.05, 4.69) is 167 Å². The Bertz CT molecular complexity index is 1640. The van der Waals surface area contributed by atoms with Gasteiger partial charge in [0.05, 0.1) is 0 Å². The average molecular weight is 948 g/mol. The Morgan fingerprint density at radius 1 is 0.467 bits per heavy atom. The number of anilines is 4. The molecule has 0 saturated carbocycles. The summed E-state index contributed by atoms with van der Waals surface area (Å²) >= 11 is 0. The molecule has 0 bridgehead atoms. The number of nitrogens with zero attached hydrogens (tertiary/aromatic N) is 2. The second kappa shape index (κ2) is 16.9. The van der Waals surface area contributed by atoms with Crippen molar-refractivity contribution in [3.8, 4) is 17.0 Å². The summed E-state index contributed by atoms with van der Waals surface area (Å²) in [5.41, 5.74) is 11.0. The summed E-state index contributed by atoms with van der Waals surface area (Å²) in [6.45, 7) is 1.75. The van der Waals surface area contributed by atoms with E-state index in [9.17, 15) is 0 Å². The molecule has 2 nitrogen and oxygen atoms in total. The molecule has 1 radical (unpaired) electrons. The summed E-state index contributed by atoms with van der Waals surface area (Å²) in [6.07, 6.45) is 8.16. The van der Waals surface area contributed by atoms with Crippen molar-refractivity contribution in [3.63, 3.8) is 0 Å². The first-order valence-corrected chi connectivity index (χ1v) is 14.7. The van der Waals surface area contributed by atoms with Gasteiger partial charge in [0.15, 0.2) is 0 Å². The molecule has 0 unspecified atom stereocenters. The molecular weight excluding hydrogens is 914 g/mol. The summed E-state index contributed by atoms with van der Waals surface area (Å²) in [7, 11) is 0. The first-order valence-electron chi connectivity index (χ1n) is 14.7. The molecule has 0 fully saturated rings. The molecule has 0 amide bonds. The number of para-hydroxylation sites is 4. The molecule has 1 aliphatic carbocycles. The number of rotatable bonds is 7. The summed E-state index contributed by atoms with van der Waals surface area (Å²) in [4.78, 5) is 4.75. The van der Waals surface area contributed by atoms with Crippen molar-refractivity contribution < 1.29 is 44.8 Å². The molecule has 1 aliphatic rings. The van der Waals surface area contributed by atoms with Crippen LogP contribution in [0.2, 0.25) is 0 Å². The SMILES string of the molecule is [Au+].[Au].[C-]#Cc1ccc2c(c1)-c1ccccc1C2.c1ccc(N(CCN(c2ccccc2)c2ccccc2)c2ccccc2)cc1. The first-order chi connectivity index (χ1) is 21.3. The largest absolute Gasteiger partial charge is 1.00 e. The van der Waals surface area contributed by atoms with Gasteiger partial charge in [-0.1, -0.05) is 103 Å². The molecule has 0 heterocycles. The van der Waals surface area contributed by atoms with Gasteiger partial charge in [-0.05, 0) is 77.2 Å². The predicted octanol–water partition coefficient (Wildman–Crippen LogP) is 9.85. The molecule has 0 aromatic heterocycles. The third kappa shape index (κ3) is 8.37. The van der Waals surface area contributed by atoms with Crippen molar-refractivity contribution >= 4 is 22.7 Å². The fourth-order valence-corrected chi connectivity index (χ4v) is 5.65. The van der Waals surface area contributed by atoms with Gasteiger partial charge in [-0.25, -0.2) is 0 Å². The van der Waals surface area contributed by atoms with Crippen molar-refractivity contribution in [2.24, 2.45) is 0 Å². The Hall–Kier alpha value is -4.04. The molecule has 6 aromatic rings. The minimum absolute atomic E-state index is 0. The van der Waals surface area contributed by atoms with Gasteiger partial charge in [-0.2, -0.15) is 0 Å². The van der Waals surface area contributed by atoms with Gasteiger partial charge in [-0.3, -0.25) is 5.92 Å². The minimum atomic E-state index is 0. The number of fused-ring (bicyclic) bond motifs is 3. The Kier molecular flexibility index (Phi) is 12.7. The maximum absolute atomic E-state index is 7.14. The first kappa shape index (κ1) is 33.8. The Morgan fingerprint density at radius 3 is 1.27 bits per heavy atom. The summed E-state index contributed by atoms with van der Waals surface area (Å²) < 4.78 is 0. The van der Waals surface area contributed by atoms with E-state index in [-0.39, 0.29) is 44.8 Å². The topological polar surface area (TPSA) is 6.48 Å². The molecule has 7 rings (SSSR count). The fourth-order valence-electron chi connectivity index (χ4n) is 5.65. The van der Waals surface area contributed by atoms with E-state index < -0.39 is 0 Å². The van der Waals surface area contributed by atoms with Crippen LogP contribution in [0.1, 0.15) is 16.7 Å². The zero-order chi connectivity index (χ0) is 29.3.